The molecule has 0 bridgehead atoms. The van der Waals surface area contributed by atoms with Crippen LogP contribution in [0.4, 0.5) is 0 Å². The van der Waals surface area contributed by atoms with Gasteiger partial charge in [0.25, 0.3) is 0 Å². The van der Waals surface area contributed by atoms with Crippen molar-refractivity contribution in [3.63, 3.8) is 0 Å². The molecule has 20 heavy (non-hydrogen) atoms. The maximum Gasteiger partial charge on any atom is 0.317 e. The van der Waals surface area contributed by atoms with Gasteiger partial charge < -0.3 is 10.0 Å². The van der Waals surface area contributed by atoms with E-state index < -0.39 is 5.97 Å². The van der Waals surface area contributed by atoms with Crippen molar-refractivity contribution in [3.05, 3.63) is 0 Å². The number of aliphatic carboxylic acids is 1. The van der Waals surface area contributed by atoms with Crippen LogP contribution in [0, 0.1) is 0 Å². The van der Waals surface area contributed by atoms with E-state index in [2.05, 4.69) is 4.90 Å². The maximum atomic E-state index is 12.4. The Kier molecular flexibility index (Phi) is 6.95. The van der Waals surface area contributed by atoms with Crippen molar-refractivity contribution in [2.24, 2.45) is 0 Å². The average Bonchev–Trinajstić information content (AvgIpc) is 2.64. The van der Waals surface area contributed by atoms with E-state index in [0.717, 1.165) is 39.1 Å². The first kappa shape index (κ1) is 16.9. The maximum absolute atomic E-state index is 12.4. The number of rotatable bonds is 6. The van der Waals surface area contributed by atoms with Crippen LogP contribution < -0.4 is 0 Å². The number of hydrogen-bond donors (Lipinski definition) is 1. The Labute approximate surface area is 121 Å². The molecule has 0 aromatic rings. The molecule has 1 unspecified atom stereocenters. The van der Waals surface area contributed by atoms with Gasteiger partial charge in [0.2, 0.25) is 5.91 Å². The van der Waals surface area contributed by atoms with Gasteiger partial charge in [-0.1, -0.05) is 0 Å². The van der Waals surface area contributed by atoms with E-state index in [4.69, 9.17) is 5.11 Å². The molecule has 0 radical (unpaired) electrons. The fraction of sp³-hybridized carbons (Fsp3) is 0.857. The van der Waals surface area contributed by atoms with Crippen molar-refractivity contribution in [1.82, 2.24) is 14.7 Å². The lowest BCUT2D eigenvalue weighted by atomic mass is 10.2. The molecular formula is C14H27N3O3. The van der Waals surface area contributed by atoms with Gasteiger partial charge in [0, 0.05) is 39.3 Å². The second-order valence-electron chi connectivity index (χ2n) is 5.25. The van der Waals surface area contributed by atoms with Gasteiger partial charge in [-0.25, -0.2) is 0 Å². The van der Waals surface area contributed by atoms with E-state index in [9.17, 15) is 9.59 Å². The van der Waals surface area contributed by atoms with Crippen LogP contribution in [0.25, 0.3) is 0 Å². The van der Waals surface area contributed by atoms with Crippen LogP contribution in [-0.4, -0.2) is 83.5 Å². The normalized spacial score (nSPS) is 19.4. The average molecular weight is 285 g/mol. The first-order valence-electron chi connectivity index (χ1n) is 7.46. The van der Waals surface area contributed by atoms with Gasteiger partial charge in [-0.05, 0) is 27.2 Å². The highest BCUT2D eigenvalue weighted by atomic mass is 16.4. The van der Waals surface area contributed by atoms with E-state index in [0.29, 0.717) is 6.54 Å². The molecule has 1 heterocycles. The fourth-order valence-corrected chi connectivity index (χ4v) is 2.68. The zero-order valence-corrected chi connectivity index (χ0v) is 12.8. The van der Waals surface area contributed by atoms with Crippen molar-refractivity contribution in [1.29, 1.82) is 0 Å². The van der Waals surface area contributed by atoms with Crippen LogP contribution >= 0.6 is 0 Å². The van der Waals surface area contributed by atoms with Crippen LogP contribution in [0.15, 0.2) is 0 Å². The third-order valence-electron chi connectivity index (χ3n) is 3.96. The summed E-state index contributed by atoms with van der Waals surface area (Å²) in [4.78, 5) is 29.1. The molecule has 6 heteroatoms. The lowest BCUT2D eigenvalue weighted by molar-refractivity contribution is -0.138. The van der Waals surface area contributed by atoms with Crippen LogP contribution in [0.3, 0.4) is 0 Å². The van der Waals surface area contributed by atoms with Gasteiger partial charge >= 0.3 is 5.97 Å². The van der Waals surface area contributed by atoms with Gasteiger partial charge in [0.15, 0.2) is 0 Å². The Morgan fingerprint density at radius 3 is 2.35 bits per heavy atom. The van der Waals surface area contributed by atoms with Gasteiger partial charge in [-0.3, -0.25) is 19.4 Å². The topological polar surface area (TPSA) is 64.1 Å². The van der Waals surface area contributed by atoms with Gasteiger partial charge in [-0.2, -0.15) is 0 Å². The molecular weight excluding hydrogens is 258 g/mol. The van der Waals surface area contributed by atoms with Gasteiger partial charge in [0.05, 0.1) is 12.6 Å². The highest BCUT2D eigenvalue weighted by Gasteiger charge is 2.26. The summed E-state index contributed by atoms with van der Waals surface area (Å²) in [6.07, 6.45) is 0.906. The summed E-state index contributed by atoms with van der Waals surface area (Å²) in [5, 5.41) is 8.84. The number of carbonyl (C=O) groups is 2. The van der Waals surface area contributed by atoms with E-state index in [1.54, 1.807) is 0 Å². The van der Waals surface area contributed by atoms with Crippen LogP contribution in [0.1, 0.15) is 27.2 Å². The SMILES string of the molecule is CCN(CC)C(=O)C(C)N1CCCN(CC(=O)O)CC1. The fourth-order valence-electron chi connectivity index (χ4n) is 2.68. The van der Waals surface area contributed by atoms with Gasteiger partial charge in [0.1, 0.15) is 0 Å². The summed E-state index contributed by atoms with van der Waals surface area (Å²) < 4.78 is 0. The molecule has 1 atom stereocenters. The molecule has 1 saturated heterocycles. The summed E-state index contributed by atoms with van der Waals surface area (Å²) in [7, 11) is 0. The number of carboxylic acids is 1. The predicted molar refractivity (Wildman–Crippen MR) is 77.7 cm³/mol. The molecule has 0 aromatic heterocycles. The summed E-state index contributed by atoms with van der Waals surface area (Å²) >= 11 is 0. The Hall–Kier alpha value is -1.14. The first-order valence-corrected chi connectivity index (χ1v) is 7.46. The number of likely N-dealkylation sites (N-methyl/N-ethyl adjacent to an activating group) is 1. The molecule has 116 valence electrons. The lowest BCUT2D eigenvalue weighted by Crippen LogP contribution is -2.48. The zero-order valence-electron chi connectivity index (χ0n) is 12.8. The summed E-state index contributed by atoms with van der Waals surface area (Å²) in [5.41, 5.74) is 0. The minimum absolute atomic E-state index is 0.0895. The summed E-state index contributed by atoms with van der Waals surface area (Å²) in [5.74, 6) is -0.618. The molecule has 6 nitrogen and oxygen atoms in total. The van der Waals surface area contributed by atoms with Crippen molar-refractivity contribution >= 4 is 11.9 Å². The van der Waals surface area contributed by atoms with Crippen LogP contribution in [0.2, 0.25) is 0 Å². The largest absolute Gasteiger partial charge is 0.480 e. The van der Waals surface area contributed by atoms with Crippen LogP contribution in [0.5, 0.6) is 0 Å². The van der Waals surface area contributed by atoms with Crippen molar-refractivity contribution in [2.75, 3.05) is 45.8 Å². The number of amides is 1. The number of hydrogen-bond acceptors (Lipinski definition) is 4. The summed E-state index contributed by atoms with van der Waals surface area (Å²) in [6, 6.07) is -0.125. The van der Waals surface area contributed by atoms with Gasteiger partial charge in [-0.15, -0.1) is 0 Å². The second-order valence-corrected chi connectivity index (χ2v) is 5.25. The molecule has 0 aliphatic carbocycles. The molecule has 1 rings (SSSR count). The zero-order chi connectivity index (χ0) is 15.1. The highest BCUT2D eigenvalue weighted by Crippen LogP contribution is 2.09. The monoisotopic (exact) mass is 285 g/mol. The molecule has 0 spiro atoms. The van der Waals surface area contributed by atoms with E-state index in [-0.39, 0.29) is 18.5 Å². The number of carbonyl (C=O) groups excluding carboxylic acids is 1. The predicted octanol–water partition coefficient (Wildman–Crippen LogP) is 0.336. The number of nitrogens with zero attached hydrogens (tertiary/aromatic N) is 3. The Morgan fingerprint density at radius 2 is 1.80 bits per heavy atom. The van der Waals surface area contributed by atoms with E-state index in [1.165, 1.54) is 0 Å². The molecule has 1 N–H and O–H groups in total. The van der Waals surface area contributed by atoms with E-state index >= 15 is 0 Å². The molecule has 1 aliphatic heterocycles. The Balaban J connectivity index is 2.55. The van der Waals surface area contributed by atoms with E-state index in [1.807, 2.05) is 30.6 Å². The standard InChI is InChI=1S/C14H27N3O3/c1-4-16(5-2)14(20)12(3)17-8-6-7-15(9-10-17)11-13(18)19/h12H,4-11H2,1-3H3,(H,18,19). The first-order chi connectivity index (χ1) is 9.49. The Morgan fingerprint density at radius 1 is 1.15 bits per heavy atom. The summed E-state index contributed by atoms with van der Waals surface area (Å²) in [6.45, 7) is 10.6. The Bertz CT molecular complexity index is 332. The van der Waals surface area contributed by atoms with Crippen molar-refractivity contribution < 1.29 is 14.7 Å². The molecule has 0 saturated carbocycles. The smallest absolute Gasteiger partial charge is 0.317 e. The molecule has 1 amide bonds. The highest BCUT2D eigenvalue weighted by molar-refractivity contribution is 5.81. The lowest BCUT2D eigenvalue weighted by Gasteiger charge is -2.31. The second kappa shape index (κ2) is 8.21. The third-order valence-corrected chi connectivity index (χ3v) is 3.96. The van der Waals surface area contributed by atoms with Crippen molar-refractivity contribution in [3.8, 4) is 0 Å². The molecule has 0 aromatic carbocycles. The quantitative estimate of drug-likeness (QED) is 0.762. The minimum Gasteiger partial charge on any atom is -0.480 e. The molecule has 1 fully saturated rings. The van der Waals surface area contributed by atoms with Crippen LogP contribution in [-0.2, 0) is 9.59 Å². The molecule has 1 aliphatic rings. The number of carboxylic acid groups (broad SMARTS) is 1. The third kappa shape index (κ3) is 4.76. The minimum atomic E-state index is -0.786. The van der Waals surface area contributed by atoms with Crippen molar-refractivity contribution in [2.45, 2.75) is 33.2 Å².